The van der Waals surface area contributed by atoms with Crippen LogP contribution in [0.25, 0.3) is 0 Å². The summed E-state index contributed by atoms with van der Waals surface area (Å²) in [5.74, 6) is 0. The van der Waals surface area contributed by atoms with Gasteiger partial charge in [-0.25, -0.2) is 0 Å². The number of nitrogens with zero attached hydrogens (tertiary/aromatic N) is 1. The Morgan fingerprint density at radius 1 is 1.47 bits per heavy atom. The van der Waals surface area contributed by atoms with Gasteiger partial charge in [0, 0.05) is 36.9 Å². The third kappa shape index (κ3) is 4.68. The van der Waals surface area contributed by atoms with Gasteiger partial charge in [-0.1, -0.05) is 11.6 Å². The van der Waals surface area contributed by atoms with E-state index >= 15 is 0 Å². The first kappa shape index (κ1) is 14.6. The van der Waals surface area contributed by atoms with Crippen molar-refractivity contribution < 1.29 is 5.11 Å². The number of anilines is 1. The van der Waals surface area contributed by atoms with Gasteiger partial charge in [-0.05, 0) is 49.9 Å². The Balaban J connectivity index is 2.03. The Labute approximate surface area is 120 Å². The number of aliphatic hydroxyl groups excluding tert-OH is 1. The molecule has 4 heteroatoms. The average Bonchev–Trinajstić information content (AvgIpc) is 3.17. The largest absolute Gasteiger partial charge is 0.393 e. The summed E-state index contributed by atoms with van der Waals surface area (Å²) in [6.07, 6.45) is 3.08. The molecular weight excluding hydrogens is 260 g/mol. The van der Waals surface area contributed by atoms with Crippen molar-refractivity contribution in [1.29, 1.82) is 0 Å². The Morgan fingerprint density at radius 2 is 2.21 bits per heavy atom. The molecule has 19 heavy (non-hydrogen) atoms. The van der Waals surface area contributed by atoms with E-state index in [2.05, 4.69) is 23.3 Å². The Bertz CT molecular complexity index is 419. The first-order valence-electron chi connectivity index (χ1n) is 6.97. The molecular formula is C15H23ClN2O. The van der Waals surface area contributed by atoms with Crippen molar-refractivity contribution in [2.24, 2.45) is 0 Å². The van der Waals surface area contributed by atoms with Gasteiger partial charge in [0.05, 0.1) is 6.10 Å². The van der Waals surface area contributed by atoms with E-state index in [-0.39, 0.29) is 6.10 Å². The molecule has 2 rings (SSSR count). The molecule has 0 spiro atoms. The molecule has 1 aromatic carbocycles. The number of benzene rings is 1. The zero-order chi connectivity index (χ0) is 13.8. The third-order valence-corrected chi connectivity index (χ3v) is 3.73. The monoisotopic (exact) mass is 282 g/mol. The van der Waals surface area contributed by atoms with Crippen LogP contribution in [0, 0.1) is 0 Å². The normalized spacial score (nSPS) is 16.4. The lowest BCUT2D eigenvalue weighted by molar-refractivity contribution is 0.187. The first-order valence-corrected chi connectivity index (χ1v) is 7.35. The van der Waals surface area contributed by atoms with Crippen LogP contribution in [0.1, 0.15) is 31.7 Å². The fourth-order valence-corrected chi connectivity index (χ4v) is 2.31. The van der Waals surface area contributed by atoms with Gasteiger partial charge in [0.2, 0.25) is 0 Å². The summed E-state index contributed by atoms with van der Waals surface area (Å²) >= 11 is 6.09. The standard InChI is InChI=1S/C15H23ClN2O/c1-11(19)7-8-18(2)15-6-3-13(16)9-12(15)10-17-14-4-5-14/h3,6,9,11,14,17,19H,4-5,7-8,10H2,1-2H3. The van der Waals surface area contributed by atoms with Crippen molar-refractivity contribution in [2.75, 3.05) is 18.5 Å². The fourth-order valence-electron chi connectivity index (χ4n) is 2.11. The Morgan fingerprint density at radius 3 is 2.84 bits per heavy atom. The molecule has 1 aliphatic rings. The molecule has 0 bridgehead atoms. The number of aliphatic hydroxyl groups is 1. The molecule has 0 aliphatic heterocycles. The lowest BCUT2D eigenvalue weighted by atomic mass is 10.1. The number of halogens is 1. The van der Waals surface area contributed by atoms with Gasteiger partial charge in [0.15, 0.2) is 0 Å². The summed E-state index contributed by atoms with van der Waals surface area (Å²) in [7, 11) is 2.06. The van der Waals surface area contributed by atoms with E-state index in [4.69, 9.17) is 11.6 Å². The molecule has 0 amide bonds. The molecule has 0 heterocycles. The highest BCUT2D eigenvalue weighted by Gasteiger charge is 2.20. The molecule has 1 saturated carbocycles. The van der Waals surface area contributed by atoms with E-state index in [0.717, 1.165) is 24.5 Å². The van der Waals surface area contributed by atoms with Crippen LogP contribution in [0.2, 0.25) is 5.02 Å². The predicted molar refractivity (Wildman–Crippen MR) is 80.9 cm³/mol. The van der Waals surface area contributed by atoms with E-state index < -0.39 is 0 Å². The summed E-state index contributed by atoms with van der Waals surface area (Å²) in [6.45, 7) is 3.53. The fraction of sp³-hybridized carbons (Fsp3) is 0.600. The summed E-state index contributed by atoms with van der Waals surface area (Å²) in [5, 5.41) is 13.7. The Kier molecular flexibility index (Phi) is 5.08. The Hall–Kier alpha value is -0.770. The molecule has 3 nitrogen and oxygen atoms in total. The molecule has 1 unspecified atom stereocenters. The molecule has 0 aromatic heterocycles. The molecule has 1 aliphatic carbocycles. The highest BCUT2D eigenvalue weighted by Crippen LogP contribution is 2.26. The van der Waals surface area contributed by atoms with Crippen molar-refractivity contribution in [3.63, 3.8) is 0 Å². The van der Waals surface area contributed by atoms with Crippen LogP contribution in [0.5, 0.6) is 0 Å². The van der Waals surface area contributed by atoms with Gasteiger partial charge >= 0.3 is 0 Å². The highest BCUT2D eigenvalue weighted by molar-refractivity contribution is 6.30. The van der Waals surface area contributed by atoms with E-state index in [1.807, 2.05) is 19.1 Å². The van der Waals surface area contributed by atoms with Crippen molar-refractivity contribution in [2.45, 2.75) is 44.9 Å². The van der Waals surface area contributed by atoms with E-state index in [1.165, 1.54) is 24.1 Å². The quantitative estimate of drug-likeness (QED) is 0.807. The van der Waals surface area contributed by atoms with Crippen LogP contribution in [0.4, 0.5) is 5.69 Å². The topological polar surface area (TPSA) is 35.5 Å². The second-order valence-corrected chi connectivity index (χ2v) is 5.92. The minimum Gasteiger partial charge on any atom is -0.393 e. The van der Waals surface area contributed by atoms with Crippen molar-refractivity contribution in [3.8, 4) is 0 Å². The summed E-state index contributed by atoms with van der Waals surface area (Å²) in [4.78, 5) is 2.19. The van der Waals surface area contributed by atoms with Crippen LogP contribution >= 0.6 is 11.6 Å². The van der Waals surface area contributed by atoms with Gasteiger partial charge in [-0.3, -0.25) is 0 Å². The van der Waals surface area contributed by atoms with Crippen LogP contribution in [-0.4, -0.2) is 30.8 Å². The van der Waals surface area contributed by atoms with Gasteiger partial charge in [-0.15, -0.1) is 0 Å². The van der Waals surface area contributed by atoms with E-state index in [1.54, 1.807) is 0 Å². The third-order valence-electron chi connectivity index (χ3n) is 3.49. The van der Waals surface area contributed by atoms with Crippen LogP contribution < -0.4 is 10.2 Å². The number of hydrogen-bond donors (Lipinski definition) is 2. The molecule has 106 valence electrons. The van der Waals surface area contributed by atoms with Crippen LogP contribution in [-0.2, 0) is 6.54 Å². The molecule has 1 atom stereocenters. The van der Waals surface area contributed by atoms with Crippen molar-refractivity contribution >= 4 is 17.3 Å². The van der Waals surface area contributed by atoms with Crippen molar-refractivity contribution in [3.05, 3.63) is 28.8 Å². The van der Waals surface area contributed by atoms with E-state index in [0.29, 0.717) is 6.04 Å². The second kappa shape index (κ2) is 6.60. The minimum atomic E-state index is -0.261. The van der Waals surface area contributed by atoms with Gasteiger partial charge in [-0.2, -0.15) is 0 Å². The summed E-state index contributed by atoms with van der Waals surface area (Å²) < 4.78 is 0. The minimum absolute atomic E-state index is 0.261. The molecule has 2 N–H and O–H groups in total. The maximum atomic E-state index is 9.39. The number of nitrogens with one attached hydrogen (secondary N) is 1. The zero-order valence-corrected chi connectivity index (χ0v) is 12.5. The van der Waals surface area contributed by atoms with Gasteiger partial charge < -0.3 is 15.3 Å². The average molecular weight is 283 g/mol. The molecule has 1 aromatic rings. The number of rotatable bonds is 7. The van der Waals surface area contributed by atoms with Crippen LogP contribution in [0.3, 0.4) is 0 Å². The molecule has 0 saturated heterocycles. The van der Waals surface area contributed by atoms with Crippen molar-refractivity contribution in [1.82, 2.24) is 5.32 Å². The molecule has 1 fully saturated rings. The molecule has 0 radical (unpaired) electrons. The lowest BCUT2D eigenvalue weighted by Gasteiger charge is -2.23. The maximum absolute atomic E-state index is 9.39. The zero-order valence-electron chi connectivity index (χ0n) is 11.7. The van der Waals surface area contributed by atoms with Crippen LogP contribution in [0.15, 0.2) is 18.2 Å². The summed E-state index contributed by atoms with van der Waals surface area (Å²) in [6, 6.07) is 6.71. The first-order chi connectivity index (χ1) is 9.06. The maximum Gasteiger partial charge on any atom is 0.0528 e. The van der Waals surface area contributed by atoms with Gasteiger partial charge in [0.1, 0.15) is 0 Å². The SMILES string of the molecule is CC(O)CCN(C)c1ccc(Cl)cc1CNC1CC1. The second-order valence-electron chi connectivity index (χ2n) is 5.49. The lowest BCUT2D eigenvalue weighted by Crippen LogP contribution is -2.24. The number of hydrogen-bond acceptors (Lipinski definition) is 3. The highest BCUT2D eigenvalue weighted by atomic mass is 35.5. The smallest absolute Gasteiger partial charge is 0.0528 e. The predicted octanol–water partition coefficient (Wildman–Crippen LogP) is 2.80. The van der Waals surface area contributed by atoms with E-state index in [9.17, 15) is 5.11 Å². The van der Waals surface area contributed by atoms with Gasteiger partial charge in [0.25, 0.3) is 0 Å². The summed E-state index contributed by atoms with van der Waals surface area (Å²) in [5.41, 5.74) is 2.42.